The summed E-state index contributed by atoms with van der Waals surface area (Å²) in [5.41, 5.74) is 1.27. The minimum absolute atomic E-state index is 0.115. The van der Waals surface area contributed by atoms with E-state index in [1.807, 2.05) is 11.0 Å². The van der Waals surface area contributed by atoms with Crippen molar-refractivity contribution in [1.29, 1.82) is 0 Å². The highest BCUT2D eigenvalue weighted by Crippen LogP contribution is 2.33. The van der Waals surface area contributed by atoms with Gasteiger partial charge in [-0.05, 0) is 37.0 Å². The quantitative estimate of drug-likeness (QED) is 0.741. The number of piperidine rings is 1. The zero-order valence-electron chi connectivity index (χ0n) is 17.6. The molecule has 7 heteroatoms. The molecule has 0 unspecified atom stereocenters. The number of rotatable bonds is 6. The molecule has 0 radical (unpaired) electrons. The highest BCUT2D eigenvalue weighted by atomic mass is 16.7. The summed E-state index contributed by atoms with van der Waals surface area (Å²) in [5, 5.41) is 3.07. The Hall–Kier alpha value is -1.99. The first-order chi connectivity index (χ1) is 14.2. The molecule has 1 aromatic carbocycles. The fourth-order valence-corrected chi connectivity index (χ4v) is 4.51. The topological polar surface area (TPSA) is 57.3 Å². The predicted octanol–water partition coefficient (Wildman–Crippen LogP) is 2.51. The van der Waals surface area contributed by atoms with Gasteiger partial charge in [0, 0.05) is 58.4 Å². The molecule has 0 bridgehead atoms. The van der Waals surface area contributed by atoms with Gasteiger partial charge in [-0.25, -0.2) is 4.79 Å². The molecule has 3 aliphatic heterocycles. The molecule has 7 nitrogen and oxygen atoms in total. The summed E-state index contributed by atoms with van der Waals surface area (Å²) in [6.07, 6.45) is 4.46. The number of amides is 2. The third-order valence-corrected chi connectivity index (χ3v) is 6.26. The zero-order chi connectivity index (χ0) is 20.1. The van der Waals surface area contributed by atoms with Crippen molar-refractivity contribution < 1.29 is 14.3 Å². The van der Waals surface area contributed by atoms with E-state index in [1.165, 1.54) is 12.0 Å². The molecule has 1 N–H and O–H groups in total. The fourth-order valence-electron chi connectivity index (χ4n) is 4.51. The van der Waals surface area contributed by atoms with E-state index in [0.717, 1.165) is 83.1 Å². The zero-order valence-corrected chi connectivity index (χ0v) is 17.6. The van der Waals surface area contributed by atoms with E-state index in [1.54, 1.807) is 0 Å². The Labute approximate surface area is 173 Å². The number of benzene rings is 1. The SMILES string of the molecule is CCCCNC(=O)N1CCC[C@H](N2CCN(Cc3ccc4c(c3)OCO4)CC2)C1. The van der Waals surface area contributed by atoms with Crippen molar-refractivity contribution >= 4 is 6.03 Å². The Morgan fingerprint density at radius 3 is 2.79 bits per heavy atom. The third-order valence-electron chi connectivity index (χ3n) is 6.26. The summed E-state index contributed by atoms with van der Waals surface area (Å²) in [6.45, 7) is 10.2. The van der Waals surface area contributed by atoms with Crippen LogP contribution in [0.2, 0.25) is 0 Å². The van der Waals surface area contributed by atoms with Gasteiger partial charge in [-0.15, -0.1) is 0 Å². The van der Waals surface area contributed by atoms with Gasteiger partial charge in [0.25, 0.3) is 0 Å². The van der Waals surface area contributed by atoms with Crippen LogP contribution in [-0.4, -0.2) is 79.4 Å². The average Bonchev–Trinajstić information content (AvgIpc) is 3.22. The van der Waals surface area contributed by atoms with Gasteiger partial charge in [-0.3, -0.25) is 9.80 Å². The number of likely N-dealkylation sites (tertiary alicyclic amines) is 1. The number of hydrogen-bond donors (Lipinski definition) is 1. The number of nitrogens with one attached hydrogen (secondary N) is 1. The molecule has 1 aromatic rings. The van der Waals surface area contributed by atoms with Crippen LogP contribution in [0.5, 0.6) is 11.5 Å². The summed E-state index contributed by atoms with van der Waals surface area (Å²) >= 11 is 0. The number of fused-ring (bicyclic) bond motifs is 1. The molecule has 0 aromatic heterocycles. The van der Waals surface area contributed by atoms with E-state index in [2.05, 4.69) is 34.2 Å². The van der Waals surface area contributed by atoms with E-state index in [-0.39, 0.29) is 6.03 Å². The summed E-state index contributed by atoms with van der Waals surface area (Å²) in [4.78, 5) is 19.5. The first-order valence-corrected chi connectivity index (χ1v) is 11.1. The Bertz CT molecular complexity index is 691. The van der Waals surface area contributed by atoms with Gasteiger partial charge in [0.05, 0.1) is 0 Å². The molecule has 160 valence electrons. The lowest BCUT2D eigenvalue weighted by atomic mass is 10.0. The number of carbonyl (C=O) groups is 1. The van der Waals surface area contributed by atoms with Crippen LogP contribution in [0.25, 0.3) is 0 Å². The number of piperazine rings is 1. The van der Waals surface area contributed by atoms with E-state index in [9.17, 15) is 4.79 Å². The molecule has 2 saturated heterocycles. The first-order valence-electron chi connectivity index (χ1n) is 11.1. The van der Waals surface area contributed by atoms with Crippen LogP contribution < -0.4 is 14.8 Å². The Kier molecular flexibility index (Phi) is 6.77. The van der Waals surface area contributed by atoms with Crippen LogP contribution in [-0.2, 0) is 6.54 Å². The maximum atomic E-state index is 12.4. The normalized spacial score (nSPS) is 22.7. The molecule has 0 aliphatic carbocycles. The molecule has 3 aliphatic rings. The average molecular weight is 403 g/mol. The first kappa shape index (κ1) is 20.3. The molecular formula is C22H34N4O3. The van der Waals surface area contributed by atoms with Gasteiger partial charge in [-0.1, -0.05) is 19.4 Å². The molecule has 4 rings (SSSR count). The van der Waals surface area contributed by atoms with Crippen LogP contribution >= 0.6 is 0 Å². The number of nitrogens with zero attached hydrogens (tertiary/aromatic N) is 3. The van der Waals surface area contributed by atoms with Gasteiger partial charge in [0.15, 0.2) is 11.5 Å². The van der Waals surface area contributed by atoms with Crippen LogP contribution in [0.1, 0.15) is 38.2 Å². The number of unbranched alkanes of at least 4 members (excludes halogenated alkanes) is 1. The van der Waals surface area contributed by atoms with Crippen molar-refractivity contribution in [2.45, 2.75) is 45.2 Å². The van der Waals surface area contributed by atoms with Gasteiger partial charge in [0.1, 0.15) is 0 Å². The maximum Gasteiger partial charge on any atom is 0.317 e. The minimum atomic E-state index is 0.115. The number of hydrogen-bond acceptors (Lipinski definition) is 5. The van der Waals surface area contributed by atoms with Gasteiger partial charge in [0.2, 0.25) is 6.79 Å². The maximum absolute atomic E-state index is 12.4. The second-order valence-corrected chi connectivity index (χ2v) is 8.33. The van der Waals surface area contributed by atoms with E-state index < -0.39 is 0 Å². The molecule has 1 atom stereocenters. The van der Waals surface area contributed by atoms with Crippen molar-refractivity contribution in [2.24, 2.45) is 0 Å². The summed E-state index contributed by atoms with van der Waals surface area (Å²) in [6, 6.07) is 6.86. The van der Waals surface area contributed by atoms with Gasteiger partial charge < -0.3 is 19.7 Å². The van der Waals surface area contributed by atoms with Crippen molar-refractivity contribution in [2.75, 3.05) is 52.6 Å². The molecular weight excluding hydrogens is 368 g/mol. The molecule has 2 fully saturated rings. The Morgan fingerprint density at radius 1 is 1.14 bits per heavy atom. The van der Waals surface area contributed by atoms with Crippen LogP contribution in [0.3, 0.4) is 0 Å². The number of carbonyl (C=O) groups excluding carboxylic acids is 1. The fraction of sp³-hybridized carbons (Fsp3) is 0.682. The van der Waals surface area contributed by atoms with Gasteiger partial charge >= 0.3 is 6.03 Å². The Balaban J connectivity index is 1.23. The second kappa shape index (κ2) is 9.67. The van der Waals surface area contributed by atoms with Gasteiger partial charge in [-0.2, -0.15) is 0 Å². The number of urea groups is 1. The lowest BCUT2D eigenvalue weighted by Gasteiger charge is -2.43. The van der Waals surface area contributed by atoms with Crippen LogP contribution in [0, 0.1) is 0 Å². The Morgan fingerprint density at radius 2 is 1.97 bits per heavy atom. The minimum Gasteiger partial charge on any atom is -0.454 e. The summed E-state index contributed by atoms with van der Waals surface area (Å²) in [5.74, 6) is 1.71. The van der Waals surface area contributed by atoms with Crippen molar-refractivity contribution in [1.82, 2.24) is 20.0 Å². The molecule has 2 amide bonds. The van der Waals surface area contributed by atoms with Crippen LogP contribution in [0.15, 0.2) is 18.2 Å². The highest BCUT2D eigenvalue weighted by molar-refractivity contribution is 5.74. The van der Waals surface area contributed by atoms with Crippen molar-refractivity contribution in [3.63, 3.8) is 0 Å². The van der Waals surface area contributed by atoms with E-state index in [4.69, 9.17) is 9.47 Å². The van der Waals surface area contributed by atoms with Crippen molar-refractivity contribution in [3.8, 4) is 11.5 Å². The standard InChI is InChI=1S/C22H34N4O3/c1-2-3-8-23-22(27)26-9-4-5-19(16-26)25-12-10-24(11-13-25)15-18-6-7-20-21(14-18)29-17-28-20/h6-7,14,19H,2-5,8-13,15-17H2,1H3,(H,23,27)/t19-/m0/s1. The lowest BCUT2D eigenvalue weighted by molar-refractivity contribution is 0.0581. The van der Waals surface area contributed by atoms with Crippen LogP contribution in [0.4, 0.5) is 4.79 Å². The monoisotopic (exact) mass is 402 g/mol. The predicted molar refractivity (Wildman–Crippen MR) is 112 cm³/mol. The molecule has 0 spiro atoms. The smallest absolute Gasteiger partial charge is 0.317 e. The number of ether oxygens (including phenoxy) is 2. The third kappa shape index (κ3) is 5.14. The lowest BCUT2D eigenvalue weighted by Crippen LogP contribution is -2.56. The van der Waals surface area contributed by atoms with E-state index in [0.29, 0.717) is 12.8 Å². The largest absolute Gasteiger partial charge is 0.454 e. The molecule has 3 heterocycles. The van der Waals surface area contributed by atoms with Crippen molar-refractivity contribution in [3.05, 3.63) is 23.8 Å². The molecule has 0 saturated carbocycles. The molecule has 29 heavy (non-hydrogen) atoms. The summed E-state index contributed by atoms with van der Waals surface area (Å²) < 4.78 is 10.9. The second-order valence-electron chi connectivity index (χ2n) is 8.33. The van der Waals surface area contributed by atoms with E-state index >= 15 is 0 Å². The summed E-state index contributed by atoms with van der Waals surface area (Å²) in [7, 11) is 0. The highest BCUT2D eigenvalue weighted by Gasteiger charge is 2.30.